The number of hydrogen-bond acceptors (Lipinski definition) is 2. The summed E-state index contributed by atoms with van der Waals surface area (Å²) in [5.41, 5.74) is 0.974. The van der Waals surface area contributed by atoms with Crippen LogP contribution in [0.25, 0.3) is 0 Å². The minimum absolute atomic E-state index is 0.174. The molecule has 12 heavy (non-hydrogen) atoms. The lowest BCUT2D eigenvalue weighted by Gasteiger charge is -1.93. The molecule has 0 aliphatic carbocycles. The number of thiophene rings is 1. The molecule has 0 aromatic carbocycles. The quantitative estimate of drug-likeness (QED) is 0.765. The summed E-state index contributed by atoms with van der Waals surface area (Å²) < 4.78 is 1.37. The zero-order chi connectivity index (χ0) is 9.14. The van der Waals surface area contributed by atoms with Crippen LogP contribution < -0.4 is 0 Å². The van der Waals surface area contributed by atoms with Crippen LogP contribution >= 0.6 is 34.5 Å². The minimum atomic E-state index is 0.174. The van der Waals surface area contributed by atoms with Crippen LogP contribution in [0.5, 0.6) is 0 Å². The fourth-order valence-electron chi connectivity index (χ4n) is 0.855. The fraction of sp³-hybridized carbons (Fsp3) is 0.375. The summed E-state index contributed by atoms with van der Waals surface area (Å²) >= 11 is 12.9. The number of rotatable bonds is 3. The van der Waals surface area contributed by atoms with Crippen molar-refractivity contribution in [2.24, 2.45) is 0 Å². The Morgan fingerprint density at radius 3 is 2.67 bits per heavy atom. The summed E-state index contributed by atoms with van der Waals surface area (Å²) in [6.07, 6.45) is 1.23. The Bertz CT molecular complexity index is 293. The number of carbonyl (C=O) groups excluding carboxylic acids is 1. The molecule has 0 unspecified atom stereocenters. The lowest BCUT2D eigenvalue weighted by Crippen LogP contribution is -1.92. The average molecular weight is 223 g/mol. The molecule has 0 spiro atoms. The number of halogens is 2. The van der Waals surface area contributed by atoms with E-state index in [1.807, 2.05) is 6.07 Å². The Labute approximate surface area is 85.3 Å². The van der Waals surface area contributed by atoms with Crippen LogP contribution in [0.3, 0.4) is 0 Å². The first-order chi connectivity index (χ1) is 5.59. The third-order valence-electron chi connectivity index (χ3n) is 1.47. The summed E-state index contributed by atoms with van der Waals surface area (Å²) in [4.78, 5) is 10.7. The first kappa shape index (κ1) is 10.0. The standard InChI is InChI=1S/C8H8Cl2OS/c1-5(11)2-3-6-4-7(9)12-8(6)10/h4H,2-3H2,1H3. The molecule has 1 nitrogen and oxygen atoms in total. The monoisotopic (exact) mass is 222 g/mol. The third-order valence-corrected chi connectivity index (χ3v) is 3.04. The van der Waals surface area contributed by atoms with E-state index in [4.69, 9.17) is 23.2 Å². The highest BCUT2D eigenvalue weighted by atomic mass is 35.5. The van der Waals surface area contributed by atoms with Gasteiger partial charge in [-0.25, -0.2) is 0 Å². The zero-order valence-electron chi connectivity index (χ0n) is 6.56. The van der Waals surface area contributed by atoms with E-state index in [0.717, 1.165) is 5.56 Å². The van der Waals surface area contributed by atoms with Gasteiger partial charge in [0.1, 0.15) is 5.78 Å². The van der Waals surface area contributed by atoms with E-state index in [9.17, 15) is 4.79 Å². The maximum absolute atomic E-state index is 10.7. The highest BCUT2D eigenvalue weighted by Crippen LogP contribution is 2.31. The summed E-state index contributed by atoms with van der Waals surface area (Å²) in [7, 11) is 0. The molecule has 0 atom stereocenters. The number of Topliss-reactive ketones (excluding diaryl/α,β-unsaturated/α-hetero) is 1. The first-order valence-electron chi connectivity index (χ1n) is 3.52. The first-order valence-corrected chi connectivity index (χ1v) is 5.10. The van der Waals surface area contributed by atoms with Gasteiger partial charge >= 0.3 is 0 Å². The van der Waals surface area contributed by atoms with Crippen LogP contribution in [0, 0.1) is 0 Å². The Morgan fingerprint density at radius 2 is 2.25 bits per heavy atom. The van der Waals surface area contributed by atoms with Crippen molar-refractivity contribution in [3.05, 3.63) is 20.3 Å². The molecular weight excluding hydrogens is 215 g/mol. The van der Waals surface area contributed by atoms with Crippen molar-refractivity contribution in [2.45, 2.75) is 19.8 Å². The zero-order valence-corrected chi connectivity index (χ0v) is 8.89. The molecule has 4 heteroatoms. The van der Waals surface area contributed by atoms with Crippen LogP contribution in [-0.4, -0.2) is 5.78 Å². The average Bonchev–Trinajstić information content (AvgIpc) is 2.26. The summed E-state index contributed by atoms with van der Waals surface area (Å²) in [6.45, 7) is 1.57. The molecule has 0 saturated heterocycles. The number of hydrogen-bond donors (Lipinski definition) is 0. The van der Waals surface area contributed by atoms with E-state index >= 15 is 0 Å². The van der Waals surface area contributed by atoms with Gasteiger partial charge in [0.2, 0.25) is 0 Å². The van der Waals surface area contributed by atoms with Crippen LogP contribution in [0.2, 0.25) is 8.67 Å². The second-order valence-electron chi connectivity index (χ2n) is 2.55. The predicted octanol–water partition coefficient (Wildman–Crippen LogP) is 3.58. The molecule has 0 N–H and O–H groups in total. The highest BCUT2D eigenvalue weighted by Gasteiger charge is 2.06. The van der Waals surface area contributed by atoms with E-state index in [0.29, 0.717) is 21.5 Å². The maximum atomic E-state index is 10.7. The highest BCUT2D eigenvalue weighted by molar-refractivity contribution is 7.20. The smallest absolute Gasteiger partial charge is 0.130 e. The normalized spacial score (nSPS) is 10.2. The minimum Gasteiger partial charge on any atom is -0.300 e. The van der Waals surface area contributed by atoms with Crippen LogP contribution in [0.1, 0.15) is 18.9 Å². The van der Waals surface area contributed by atoms with Gasteiger partial charge in [0.25, 0.3) is 0 Å². The Morgan fingerprint density at radius 1 is 1.58 bits per heavy atom. The van der Waals surface area contributed by atoms with E-state index < -0.39 is 0 Å². The summed E-state index contributed by atoms with van der Waals surface area (Å²) in [5.74, 6) is 0.174. The SMILES string of the molecule is CC(=O)CCc1cc(Cl)sc1Cl. The largest absolute Gasteiger partial charge is 0.300 e. The van der Waals surface area contributed by atoms with Gasteiger partial charge in [0, 0.05) is 6.42 Å². The van der Waals surface area contributed by atoms with Crippen LogP contribution in [0.4, 0.5) is 0 Å². The van der Waals surface area contributed by atoms with Gasteiger partial charge in [-0.15, -0.1) is 11.3 Å². The summed E-state index contributed by atoms with van der Waals surface area (Å²) in [6, 6.07) is 1.82. The second kappa shape index (κ2) is 4.26. The van der Waals surface area contributed by atoms with Crippen molar-refractivity contribution in [3.8, 4) is 0 Å². The molecule has 0 saturated carbocycles. The van der Waals surface area contributed by atoms with Crippen molar-refractivity contribution in [1.82, 2.24) is 0 Å². The van der Waals surface area contributed by atoms with Gasteiger partial charge in [-0.05, 0) is 25.0 Å². The van der Waals surface area contributed by atoms with Gasteiger partial charge in [-0.1, -0.05) is 23.2 Å². The number of aryl methyl sites for hydroxylation is 1. The van der Waals surface area contributed by atoms with Gasteiger partial charge in [-0.3, -0.25) is 0 Å². The fourth-order valence-corrected chi connectivity index (χ4v) is 2.40. The molecular formula is C8H8Cl2OS. The molecule has 0 aliphatic rings. The lowest BCUT2D eigenvalue weighted by atomic mass is 10.1. The second-order valence-corrected chi connectivity index (χ2v) is 4.84. The van der Waals surface area contributed by atoms with E-state index in [-0.39, 0.29) is 5.78 Å². The Kier molecular flexibility index (Phi) is 3.56. The topological polar surface area (TPSA) is 17.1 Å². The van der Waals surface area contributed by atoms with E-state index in [1.54, 1.807) is 6.92 Å². The van der Waals surface area contributed by atoms with Crippen molar-refractivity contribution in [1.29, 1.82) is 0 Å². The van der Waals surface area contributed by atoms with Crippen molar-refractivity contribution >= 4 is 40.3 Å². The molecule has 1 heterocycles. The molecule has 0 amide bonds. The third kappa shape index (κ3) is 2.77. The Hall–Kier alpha value is -0.0500. The molecule has 0 bridgehead atoms. The molecule has 1 aromatic heterocycles. The number of ketones is 1. The van der Waals surface area contributed by atoms with Crippen LogP contribution in [0.15, 0.2) is 6.07 Å². The predicted molar refractivity (Wildman–Crippen MR) is 53.3 cm³/mol. The molecule has 0 fully saturated rings. The molecule has 1 rings (SSSR count). The van der Waals surface area contributed by atoms with E-state index in [1.165, 1.54) is 11.3 Å². The van der Waals surface area contributed by atoms with Gasteiger partial charge in [0.15, 0.2) is 0 Å². The lowest BCUT2D eigenvalue weighted by molar-refractivity contribution is -0.116. The number of carbonyl (C=O) groups is 1. The van der Waals surface area contributed by atoms with E-state index in [2.05, 4.69) is 0 Å². The van der Waals surface area contributed by atoms with Gasteiger partial charge in [0.05, 0.1) is 8.67 Å². The molecule has 1 aromatic rings. The van der Waals surface area contributed by atoms with Gasteiger partial charge in [-0.2, -0.15) is 0 Å². The van der Waals surface area contributed by atoms with Crippen molar-refractivity contribution in [3.63, 3.8) is 0 Å². The van der Waals surface area contributed by atoms with Crippen LogP contribution in [-0.2, 0) is 11.2 Å². The maximum Gasteiger partial charge on any atom is 0.130 e. The van der Waals surface area contributed by atoms with Crippen molar-refractivity contribution < 1.29 is 4.79 Å². The Balaban J connectivity index is 2.62. The van der Waals surface area contributed by atoms with Crippen molar-refractivity contribution in [2.75, 3.05) is 0 Å². The molecule has 0 radical (unpaired) electrons. The van der Waals surface area contributed by atoms with Gasteiger partial charge < -0.3 is 4.79 Å². The molecule has 0 aliphatic heterocycles. The molecule has 66 valence electrons. The summed E-state index contributed by atoms with van der Waals surface area (Å²) in [5, 5.41) is 0.